The van der Waals surface area contributed by atoms with Gasteiger partial charge in [-0.05, 0) is 31.7 Å². The normalized spacial score (nSPS) is 18.8. The van der Waals surface area contributed by atoms with Gasteiger partial charge >= 0.3 is 0 Å². The topological polar surface area (TPSA) is 17.8 Å². The van der Waals surface area contributed by atoms with Crippen LogP contribution >= 0.6 is 0 Å². The maximum Gasteiger partial charge on any atom is 0.0593 e. The molecule has 1 fully saturated rings. The first-order valence-corrected chi connectivity index (χ1v) is 4.84. The van der Waals surface area contributed by atoms with Crippen LogP contribution in [0.25, 0.3) is 0 Å². The Kier molecular flexibility index (Phi) is 2.15. The smallest absolute Gasteiger partial charge is 0.0593 e. The van der Waals surface area contributed by atoms with E-state index in [2.05, 4.69) is 22.0 Å². The lowest BCUT2D eigenvalue weighted by atomic mass is 10.1. The minimum atomic E-state index is 0.893. The van der Waals surface area contributed by atoms with E-state index in [9.17, 15) is 0 Å². The van der Waals surface area contributed by atoms with Crippen LogP contribution in [-0.2, 0) is 6.54 Å². The van der Waals surface area contributed by atoms with Crippen molar-refractivity contribution in [3.8, 4) is 0 Å². The molecule has 0 amide bonds. The molecule has 0 aliphatic heterocycles. The summed E-state index contributed by atoms with van der Waals surface area (Å²) in [6.07, 6.45) is 7.74. The Morgan fingerprint density at radius 1 is 1.50 bits per heavy atom. The third-order valence-electron chi connectivity index (χ3n) is 2.69. The van der Waals surface area contributed by atoms with E-state index in [0.717, 1.165) is 18.2 Å². The number of rotatable bonds is 2. The average Bonchev–Trinajstić information content (AvgIpc) is 2.63. The maximum absolute atomic E-state index is 4.39. The lowest BCUT2D eigenvalue weighted by molar-refractivity contribution is 0.428. The van der Waals surface area contributed by atoms with Crippen molar-refractivity contribution in [2.45, 2.75) is 39.2 Å². The van der Waals surface area contributed by atoms with E-state index in [-0.39, 0.29) is 0 Å². The number of hydrogen-bond donors (Lipinski definition) is 0. The number of nitrogens with zero attached hydrogens (tertiary/aromatic N) is 2. The second-order valence-corrected chi connectivity index (χ2v) is 3.83. The molecule has 1 heterocycles. The van der Waals surface area contributed by atoms with Crippen LogP contribution in [0.5, 0.6) is 0 Å². The molecule has 1 saturated carbocycles. The molecule has 0 spiro atoms. The molecular formula is C10H16N2. The summed E-state index contributed by atoms with van der Waals surface area (Å²) in [6.45, 7) is 3.18. The summed E-state index contributed by atoms with van der Waals surface area (Å²) in [6, 6.07) is 2.08. The van der Waals surface area contributed by atoms with Gasteiger partial charge in [0.2, 0.25) is 0 Å². The molecule has 66 valence electrons. The first-order chi connectivity index (χ1) is 5.84. The predicted molar refractivity (Wildman–Crippen MR) is 48.9 cm³/mol. The Labute approximate surface area is 73.6 Å². The van der Waals surface area contributed by atoms with Crippen LogP contribution < -0.4 is 0 Å². The van der Waals surface area contributed by atoms with Crippen LogP contribution in [0.1, 0.15) is 31.4 Å². The molecule has 0 aromatic carbocycles. The monoisotopic (exact) mass is 164 g/mol. The molecule has 2 rings (SSSR count). The third kappa shape index (κ3) is 1.68. The fraction of sp³-hybridized carbons (Fsp3) is 0.700. The molecular weight excluding hydrogens is 148 g/mol. The first-order valence-electron chi connectivity index (χ1n) is 4.84. The average molecular weight is 164 g/mol. The fourth-order valence-corrected chi connectivity index (χ4v) is 2.02. The highest BCUT2D eigenvalue weighted by atomic mass is 15.3. The van der Waals surface area contributed by atoms with E-state index in [4.69, 9.17) is 0 Å². The molecule has 1 aromatic heterocycles. The van der Waals surface area contributed by atoms with Crippen molar-refractivity contribution >= 4 is 0 Å². The van der Waals surface area contributed by atoms with Gasteiger partial charge in [0.15, 0.2) is 0 Å². The summed E-state index contributed by atoms with van der Waals surface area (Å²) < 4.78 is 2.09. The summed E-state index contributed by atoms with van der Waals surface area (Å²) >= 11 is 0. The number of hydrogen-bond acceptors (Lipinski definition) is 1. The molecule has 1 aliphatic carbocycles. The van der Waals surface area contributed by atoms with Crippen LogP contribution in [-0.4, -0.2) is 9.78 Å². The first kappa shape index (κ1) is 7.84. The van der Waals surface area contributed by atoms with Crippen molar-refractivity contribution in [2.75, 3.05) is 0 Å². The largest absolute Gasteiger partial charge is 0.272 e. The van der Waals surface area contributed by atoms with Crippen LogP contribution in [0, 0.1) is 12.8 Å². The van der Waals surface area contributed by atoms with Crippen molar-refractivity contribution in [1.82, 2.24) is 9.78 Å². The van der Waals surface area contributed by atoms with E-state index in [1.165, 1.54) is 25.7 Å². The lowest BCUT2D eigenvalue weighted by Gasteiger charge is -2.07. The molecule has 2 heteroatoms. The Morgan fingerprint density at radius 2 is 2.25 bits per heavy atom. The zero-order chi connectivity index (χ0) is 8.39. The molecule has 0 bridgehead atoms. The highest BCUT2D eigenvalue weighted by Gasteiger charge is 2.15. The molecule has 1 aliphatic rings. The third-order valence-corrected chi connectivity index (χ3v) is 2.69. The highest BCUT2D eigenvalue weighted by Crippen LogP contribution is 2.25. The molecule has 0 radical (unpaired) electrons. The standard InChI is InChI=1S/C10H16N2/c1-9-6-7-12(11-9)8-10-4-2-3-5-10/h6-7,10H,2-5,8H2,1H3. The van der Waals surface area contributed by atoms with Gasteiger partial charge in [-0.2, -0.15) is 5.10 Å². The second kappa shape index (κ2) is 3.30. The quantitative estimate of drug-likeness (QED) is 0.656. The Morgan fingerprint density at radius 3 is 2.83 bits per heavy atom. The van der Waals surface area contributed by atoms with Gasteiger partial charge in [-0.15, -0.1) is 0 Å². The van der Waals surface area contributed by atoms with E-state index in [1.807, 2.05) is 6.92 Å². The Bertz CT molecular complexity index is 246. The van der Waals surface area contributed by atoms with Gasteiger partial charge in [0.05, 0.1) is 5.69 Å². The molecule has 1 aromatic rings. The summed E-state index contributed by atoms with van der Waals surface area (Å²) in [5.74, 6) is 0.893. The van der Waals surface area contributed by atoms with Crippen LogP contribution in [0.15, 0.2) is 12.3 Å². The molecule has 0 unspecified atom stereocenters. The van der Waals surface area contributed by atoms with Gasteiger partial charge in [0.1, 0.15) is 0 Å². The molecule has 12 heavy (non-hydrogen) atoms. The molecule has 0 saturated heterocycles. The van der Waals surface area contributed by atoms with Crippen molar-refractivity contribution in [3.05, 3.63) is 18.0 Å². The summed E-state index contributed by atoms with van der Waals surface area (Å²) in [4.78, 5) is 0. The highest BCUT2D eigenvalue weighted by molar-refractivity contribution is 4.94. The van der Waals surface area contributed by atoms with Gasteiger partial charge < -0.3 is 0 Å². The number of aromatic nitrogens is 2. The van der Waals surface area contributed by atoms with E-state index in [1.54, 1.807) is 0 Å². The Balaban J connectivity index is 1.94. The summed E-state index contributed by atoms with van der Waals surface area (Å²) in [5.41, 5.74) is 1.13. The zero-order valence-electron chi connectivity index (χ0n) is 7.66. The minimum Gasteiger partial charge on any atom is -0.272 e. The van der Waals surface area contributed by atoms with Crippen LogP contribution in [0.2, 0.25) is 0 Å². The van der Waals surface area contributed by atoms with Crippen LogP contribution in [0.3, 0.4) is 0 Å². The lowest BCUT2D eigenvalue weighted by Crippen LogP contribution is -2.07. The zero-order valence-corrected chi connectivity index (χ0v) is 7.66. The van der Waals surface area contributed by atoms with Crippen molar-refractivity contribution in [2.24, 2.45) is 5.92 Å². The fourth-order valence-electron chi connectivity index (χ4n) is 2.02. The molecule has 2 nitrogen and oxygen atoms in total. The van der Waals surface area contributed by atoms with Gasteiger partial charge in [-0.1, -0.05) is 12.8 Å². The van der Waals surface area contributed by atoms with Crippen LogP contribution in [0.4, 0.5) is 0 Å². The van der Waals surface area contributed by atoms with E-state index in [0.29, 0.717) is 0 Å². The van der Waals surface area contributed by atoms with Crippen molar-refractivity contribution < 1.29 is 0 Å². The van der Waals surface area contributed by atoms with Gasteiger partial charge in [-0.3, -0.25) is 4.68 Å². The van der Waals surface area contributed by atoms with Gasteiger partial charge in [0.25, 0.3) is 0 Å². The van der Waals surface area contributed by atoms with E-state index < -0.39 is 0 Å². The number of aryl methyl sites for hydroxylation is 1. The molecule has 0 N–H and O–H groups in total. The summed E-state index contributed by atoms with van der Waals surface area (Å²) in [7, 11) is 0. The van der Waals surface area contributed by atoms with Gasteiger partial charge in [0, 0.05) is 12.7 Å². The van der Waals surface area contributed by atoms with Crippen molar-refractivity contribution in [3.63, 3.8) is 0 Å². The van der Waals surface area contributed by atoms with Gasteiger partial charge in [-0.25, -0.2) is 0 Å². The van der Waals surface area contributed by atoms with E-state index >= 15 is 0 Å². The predicted octanol–water partition coefficient (Wildman–Crippen LogP) is 2.38. The minimum absolute atomic E-state index is 0.893. The second-order valence-electron chi connectivity index (χ2n) is 3.83. The summed E-state index contributed by atoms with van der Waals surface area (Å²) in [5, 5.41) is 4.39. The Hall–Kier alpha value is -0.790. The SMILES string of the molecule is Cc1ccn(CC2CCCC2)n1. The molecule has 0 atom stereocenters. The maximum atomic E-state index is 4.39. The van der Waals surface area contributed by atoms with Crippen molar-refractivity contribution in [1.29, 1.82) is 0 Å².